The van der Waals surface area contributed by atoms with Gasteiger partial charge < -0.3 is 4.74 Å². The highest BCUT2D eigenvalue weighted by Gasteiger charge is 2.39. The zero-order chi connectivity index (χ0) is 9.07. The summed E-state index contributed by atoms with van der Waals surface area (Å²) in [4.78, 5) is 10.2. The van der Waals surface area contributed by atoms with E-state index in [4.69, 9.17) is 0 Å². The number of esters is 1. The Bertz CT molecular complexity index is 145. The Labute approximate surface area is 63.9 Å². The molecule has 6 heteroatoms. The van der Waals surface area contributed by atoms with Crippen molar-refractivity contribution in [2.45, 2.75) is 26.0 Å². The van der Waals surface area contributed by atoms with Crippen LogP contribution in [0.25, 0.3) is 0 Å². The van der Waals surface area contributed by atoms with Crippen molar-refractivity contribution in [3.8, 4) is 0 Å². The highest BCUT2D eigenvalue weighted by Crippen LogP contribution is 2.18. The Morgan fingerprint density at radius 2 is 2.00 bits per heavy atom. The predicted molar refractivity (Wildman–Crippen MR) is 35.1 cm³/mol. The summed E-state index contributed by atoms with van der Waals surface area (Å²) < 4.78 is 39.4. The van der Waals surface area contributed by atoms with Gasteiger partial charge >= 0.3 is 15.0 Å². The molecular formula is C5H9F3O2Si. The van der Waals surface area contributed by atoms with E-state index in [0.717, 1.165) is 6.92 Å². The molecule has 0 aliphatic heterocycles. The van der Waals surface area contributed by atoms with Gasteiger partial charge in [0.25, 0.3) is 0 Å². The summed E-state index contributed by atoms with van der Waals surface area (Å²) in [6, 6.07) is -0.952. The Morgan fingerprint density at radius 3 is 2.27 bits per heavy atom. The van der Waals surface area contributed by atoms with Gasteiger partial charge in [-0.05, 0) is 6.92 Å². The molecule has 0 aromatic heterocycles. The fraction of sp³-hybridized carbons (Fsp3) is 0.800. The van der Waals surface area contributed by atoms with E-state index >= 15 is 0 Å². The second-order valence-corrected chi connectivity index (χ2v) is 3.88. The molecule has 0 saturated carbocycles. The highest BCUT2D eigenvalue weighted by atomic mass is 28.5. The van der Waals surface area contributed by atoms with Crippen LogP contribution in [0.4, 0.5) is 12.3 Å². The van der Waals surface area contributed by atoms with Crippen molar-refractivity contribution in [3.63, 3.8) is 0 Å². The maximum atomic E-state index is 11.7. The molecule has 0 aromatic rings. The minimum Gasteiger partial charge on any atom is -0.463 e. The zero-order valence-electron chi connectivity index (χ0n) is 6.23. The molecule has 2 nitrogen and oxygen atoms in total. The minimum absolute atomic E-state index is 0.671. The number of halogens is 3. The lowest BCUT2D eigenvalue weighted by atomic mass is 10.5. The lowest BCUT2D eigenvalue weighted by Crippen LogP contribution is -2.24. The van der Waals surface area contributed by atoms with Crippen molar-refractivity contribution in [2.24, 2.45) is 0 Å². The van der Waals surface area contributed by atoms with E-state index in [2.05, 4.69) is 4.74 Å². The van der Waals surface area contributed by atoms with E-state index in [1.807, 2.05) is 0 Å². The Balaban J connectivity index is 3.69. The van der Waals surface area contributed by atoms with Crippen LogP contribution in [-0.4, -0.2) is 21.1 Å². The second-order valence-electron chi connectivity index (χ2n) is 2.24. The summed E-state index contributed by atoms with van der Waals surface area (Å²) in [5.74, 6) is -0.671. The van der Waals surface area contributed by atoms with Crippen molar-refractivity contribution in [2.75, 3.05) is 0 Å². The SMILES string of the molecule is CC(=O)OC(C)C[Si](F)(F)F. The number of hydrogen-bond donors (Lipinski definition) is 0. The largest absolute Gasteiger partial charge is 0.619 e. The third kappa shape index (κ3) is 7.37. The fourth-order valence-corrected chi connectivity index (χ4v) is 1.39. The van der Waals surface area contributed by atoms with Crippen molar-refractivity contribution in [3.05, 3.63) is 0 Å². The number of rotatable bonds is 3. The first-order valence-corrected chi connectivity index (χ1v) is 4.89. The smallest absolute Gasteiger partial charge is 0.463 e. The molecule has 0 rings (SSSR count). The molecule has 0 saturated heterocycles. The van der Waals surface area contributed by atoms with Crippen LogP contribution in [0.3, 0.4) is 0 Å². The van der Waals surface area contributed by atoms with Gasteiger partial charge in [-0.3, -0.25) is 4.79 Å². The van der Waals surface area contributed by atoms with E-state index in [1.165, 1.54) is 6.92 Å². The molecule has 0 bridgehead atoms. The van der Waals surface area contributed by atoms with Gasteiger partial charge in [-0.2, -0.15) is 0 Å². The van der Waals surface area contributed by atoms with Crippen LogP contribution in [0.15, 0.2) is 0 Å². The molecule has 0 spiro atoms. The van der Waals surface area contributed by atoms with Crippen LogP contribution in [0.2, 0.25) is 6.04 Å². The minimum atomic E-state index is -5.56. The first kappa shape index (κ1) is 10.5. The molecule has 1 unspecified atom stereocenters. The number of hydrogen-bond acceptors (Lipinski definition) is 2. The second kappa shape index (κ2) is 3.75. The van der Waals surface area contributed by atoms with Gasteiger partial charge in [0.2, 0.25) is 0 Å². The van der Waals surface area contributed by atoms with Gasteiger partial charge in [0.1, 0.15) is 6.10 Å². The van der Waals surface area contributed by atoms with E-state index in [-0.39, 0.29) is 0 Å². The summed E-state index contributed by atoms with van der Waals surface area (Å²) in [5.41, 5.74) is 0. The quantitative estimate of drug-likeness (QED) is 0.381. The third-order valence-electron chi connectivity index (χ3n) is 0.886. The third-order valence-corrected chi connectivity index (χ3v) is 1.92. The molecule has 0 amide bonds. The molecule has 0 aliphatic carbocycles. The van der Waals surface area contributed by atoms with Crippen LogP contribution in [-0.2, 0) is 9.53 Å². The van der Waals surface area contributed by atoms with Crippen molar-refractivity contribution >= 4 is 15.0 Å². The highest BCUT2D eigenvalue weighted by molar-refractivity contribution is 6.58. The Hall–Kier alpha value is -0.523. The van der Waals surface area contributed by atoms with Gasteiger partial charge in [0.05, 0.1) is 6.04 Å². The fourth-order valence-electron chi connectivity index (χ4n) is 0.651. The van der Waals surface area contributed by atoms with Gasteiger partial charge in [-0.1, -0.05) is 0 Å². The normalized spacial score (nSPS) is 14.3. The van der Waals surface area contributed by atoms with Crippen LogP contribution < -0.4 is 0 Å². The molecule has 1 atom stereocenters. The number of carbonyl (C=O) groups excluding carboxylic acids is 1. The van der Waals surface area contributed by atoms with Crippen LogP contribution >= 0.6 is 0 Å². The number of ether oxygens (including phenoxy) is 1. The van der Waals surface area contributed by atoms with E-state index < -0.39 is 27.2 Å². The Kier molecular flexibility index (Phi) is 3.57. The van der Waals surface area contributed by atoms with Crippen molar-refractivity contribution in [1.29, 1.82) is 0 Å². The first-order valence-electron chi connectivity index (χ1n) is 3.05. The summed E-state index contributed by atoms with van der Waals surface area (Å²) >= 11 is 0. The molecule has 0 aliphatic rings. The summed E-state index contributed by atoms with van der Waals surface area (Å²) in [6.45, 7) is 2.33. The molecular weight excluding hydrogens is 177 g/mol. The number of carbonyl (C=O) groups is 1. The zero-order valence-corrected chi connectivity index (χ0v) is 7.23. The maximum absolute atomic E-state index is 11.7. The summed E-state index contributed by atoms with van der Waals surface area (Å²) in [5, 5.41) is 0. The van der Waals surface area contributed by atoms with E-state index in [1.54, 1.807) is 0 Å². The molecule has 66 valence electrons. The molecule has 0 heterocycles. The summed E-state index contributed by atoms with van der Waals surface area (Å²) in [6.07, 6.45) is -1.03. The van der Waals surface area contributed by atoms with Crippen LogP contribution in [0.1, 0.15) is 13.8 Å². The van der Waals surface area contributed by atoms with Crippen molar-refractivity contribution < 1.29 is 21.9 Å². The standard InChI is InChI=1S/C5H9F3O2Si/c1-4(10-5(2)9)3-11(6,7)8/h4H,3H2,1-2H3. The van der Waals surface area contributed by atoms with Gasteiger partial charge in [-0.25, -0.2) is 12.3 Å². The molecule has 0 aromatic carbocycles. The summed E-state index contributed by atoms with van der Waals surface area (Å²) in [7, 11) is -5.56. The van der Waals surface area contributed by atoms with Gasteiger partial charge in [-0.15, -0.1) is 0 Å². The lowest BCUT2D eigenvalue weighted by molar-refractivity contribution is -0.144. The van der Waals surface area contributed by atoms with E-state index in [0.29, 0.717) is 0 Å². The topological polar surface area (TPSA) is 26.3 Å². The van der Waals surface area contributed by atoms with Crippen LogP contribution in [0.5, 0.6) is 0 Å². The van der Waals surface area contributed by atoms with E-state index in [9.17, 15) is 17.1 Å². The average Bonchev–Trinajstić information content (AvgIpc) is 1.53. The molecule has 0 radical (unpaired) electrons. The lowest BCUT2D eigenvalue weighted by Gasteiger charge is -2.11. The molecule has 0 N–H and O–H groups in total. The Morgan fingerprint density at radius 1 is 1.55 bits per heavy atom. The molecule has 0 fully saturated rings. The maximum Gasteiger partial charge on any atom is 0.619 e. The van der Waals surface area contributed by atoms with Gasteiger partial charge in [0.15, 0.2) is 0 Å². The average molecular weight is 186 g/mol. The van der Waals surface area contributed by atoms with Gasteiger partial charge in [0, 0.05) is 6.92 Å². The monoisotopic (exact) mass is 186 g/mol. The molecule has 11 heavy (non-hydrogen) atoms. The first-order chi connectivity index (χ1) is 4.81. The van der Waals surface area contributed by atoms with Crippen LogP contribution in [0, 0.1) is 0 Å². The van der Waals surface area contributed by atoms with Crippen molar-refractivity contribution in [1.82, 2.24) is 0 Å². The predicted octanol–water partition coefficient (Wildman–Crippen LogP) is 1.79.